The summed E-state index contributed by atoms with van der Waals surface area (Å²) in [6, 6.07) is 13.5. The van der Waals surface area contributed by atoms with Crippen molar-refractivity contribution in [3.63, 3.8) is 0 Å². The van der Waals surface area contributed by atoms with Crippen LogP contribution in [0.5, 0.6) is 5.75 Å². The normalized spacial score (nSPS) is 10.4. The molecular weight excluding hydrogens is 230 g/mol. The molecule has 0 atom stereocenters. The first kappa shape index (κ1) is 11.9. The van der Waals surface area contributed by atoms with E-state index in [0.717, 1.165) is 27.5 Å². The zero-order chi connectivity index (χ0) is 12.3. The Bertz CT molecular complexity index is 508. The molecule has 0 saturated carbocycles. The van der Waals surface area contributed by atoms with E-state index < -0.39 is 0 Å². The fraction of sp³-hybridized carbons (Fsp3) is 0.143. The molecule has 17 heavy (non-hydrogen) atoms. The van der Waals surface area contributed by atoms with Gasteiger partial charge in [0.05, 0.1) is 0 Å². The molecule has 0 aliphatic rings. The molecular formula is C14H15NOS. The van der Waals surface area contributed by atoms with Crippen LogP contribution in [0.25, 0.3) is 0 Å². The number of aryl methyl sites for hydroxylation is 1. The molecule has 0 aliphatic heterocycles. The third-order valence-corrected chi connectivity index (χ3v) is 3.55. The molecule has 0 unspecified atom stereocenters. The Morgan fingerprint density at radius 2 is 1.71 bits per heavy atom. The van der Waals surface area contributed by atoms with Crippen LogP contribution in [0.1, 0.15) is 12.5 Å². The van der Waals surface area contributed by atoms with E-state index >= 15 is 0 Å². The number of benzene rings is 2. The largest absolute Gasteiger partial charge is 0.508 e. The van der Waals surface area contributed by atoms with Crippen LogP contribution in [0.3, 0.4) is 0 Å². The molecule has 0 aliphatic carbocycles. The van der Waals surface area contributed by atoms with Crippen LogP contribution in [-0.2, 0) is 6.42 Å². The molecule has 0 fully saturated rings. The van der Waals surface area contributed by atoms with Crippen LogP contribution in [0.4, 0.5) is 5.69 Å². The zero-order valence-corrected chi connectivity index (χ0v) is 10.5. The fourth-order valence-electron chi connectivity index (χ4n) is 1.58. The van der Waals surface area contributed by atoms with E-state index in [9.17, 15) is 5.11 Å². The molecule has 0 bridgehead atoms. The van der Waals surface area contributed by atoms with Crippen LogP contribution in [0.2, 0.25) is 0 Å². The van der Waals surface area contributed by atoms with Crippen molar-refractivity contribution in [2.45, 2.75) is 23.1 Å². The maximum Gasteiger partial charge on any atom is 0.118 e. The maximum absolute atomic E-state index is 9.61. The Kier molecular flexibility index (Phi) is 3.59. The average molecular weight is 245 g/mol. The van der Waals surface area contributed by atoms with Crippen LogP contribution < -0.4 is 5.73 Å². The van der Waals surface area contributed by atoms with Crippen LogP contribution in [0.15, 0.2) is 52.3 Å². The number of hydrogen-bond acceptors (Lipinski definition) is 3. The Hall–Kier alpha value is -1.61. The Labute approximate surface area is 105 Å². The van der Waals surface area contributed by atoms with Crippen molar-refractivity contribution in [1.29, 1.82) is 0 Å². The predicted molar refractivity (Wildman–Crippen MR) is 72.5 cm³/mol. The SMILES string of the molecule is CCc1cc(Sc2ccc(N)cc2)ccc1O. The monoisotopic (exact) mass is 245 g/mol. The predicted octanol–water partition coefficient (Wildman–Crippen LogP) is 3.69. The van der Waals surface area contributed by atoms with E-state index in [4.69, 9.17) is 5.73 Å². The van der Waals surface area contributed by atoms with Gasteiger partial charge in [0.15, 0.2) is 0 Å². The second-order valence-electron chi connectivity index (χ2n) is 3.82. The summed E-state index contributed by atoms with van der Waals surface area (Å²) in [5, 5.41) is 9.61. The topological polar surface area (TPSA) is 46.2 Å². The number of rotatable bonds is 3. The zero-order valence-electron chi connectivity index (χ0n) is 9.68. The molecule has 3 N–H and O–H groups in total. The molecule has 0 radical (unpaired) electrons. The summed E-state index contributed by atoms with van der Waals surface area (Å²) < 4.78 is 0. The average Bonchev–Trinajstić information content (AvgIpc) is 2.34. The van der Waals surface area contributed by atoms with Crippen molar-refractivity contribution >= 4 is 17.4 Å². The molecule has 2 aromatic rings. The van der Waals surface area contributed by atoms with Gasteiger partial charge < -0.3 is 10.8 Å². The number of anilines is 1. The quantitative estimate of drug-likeness (QED) is 0.811. The minimum atomic E-state index is 0.370. The Morgan fingerprint density at radius 1 is 1.06 bits per heavy atom. The molecule has 2 aromatic carbocycles. The minimum absolute atomic E-state index is 0.370. The van der Waals surface area contributed by atoms with E-state index in [1.165, 1.54) is 0 Å². The molecule has 0 amide bonds. The highest BCUT2D eigenvalue weighted by Gasteiger charge is 2.02. The number of nitrogens with two attached hydrogens (primary N) is 1. The van der Waals surface area contributed by atoms with Crippen molar-refractivity contribution in [2.24, 2.45) is 0 Å². The Morgan fingerprint density at radius 3 is 2.35 bits per heavy atom. The third kappa shape index (κ3) is 2.94. The Balaban J connectivity index is 2.21. The molecule has 0 aromatic heterocycles. The lowest BCUT2D eigenvalue weighted by Crippen LogP contribution is -1.84. The third-order valence-electron chi connectivity index (χ3n) is 2.55. The highest BCUT2D eigenvalue weighted by molar-refractivity contribution is 7.99. The van der Waals surface area contributed by atoms with Gasteiger partial charge in [-0.3, -0.25) is 0 Å². The van der Waals surface area contributed by atoms with Gasteiger partial charge in [-0.05, 0) is 54.4 Å². The van der Waals surface area contributed by atoms with Crippen molar-refractivity contribution in [1.82, 2.24) is 0 Å². The summed E-state index contributed by atoms with van der Waals surface area (Å²) in [7, 11) is 0. The number of phenolic OH excluding ortho intramolecular Hbond substituents is 1. The maximum atomic E-state index is 9.61. The molecule has 0 saturated heterocycles. The van der Waals surface area contributed by atoms with Gasteiger partial charge >= 0.3 is 0 Å². The molecule has 2 nitrogen and oxygen atoms in total. The van der Waals surface area contributed by atoms with E-state index in [1.54, 1.807) is 17.8 Å². The molecule has 0 heterocycles. The van der Waals surface area contributed by atoms with Gasteiger partial charge in [0.2, 0.25) is 0 Å². The summed E-state index contributed by atoms with van der Waals surface area (Å²) in [5.41, 5.74) is 7.39. The van der Waals surface area contributed by atoms with Gasteiger partial charge in [0.25, 0.3) is 0 Å². The second kappa shape index (κ2) is 5.15. The lowest BCUT2D eigenvalue weighted by molar-refractivity contribution is 0.468. The number of phenols is 1. The van der Waals surface area contributed by atoms with Crippen LogP contribution in [-0.4, -0.2) is 5.11 Å². The van der Waals surface area contributed by atoms with Gasteiger partial charge in [-0.15, -0.1) is 0 Å². The summed E-state index contributed by atoms with van der Waals surface area (Å²) in [6.45, 7) is 2.03. The van der Waals surface area contributed by atoms with Gasteiger partial charge in [0.1, 0.15) is 5.75 Å². The minimum Gasteiger partial charge on any atom is -0.508 e. The first-order valence-corrected chi connectivity index (χ1v) is 6.36. The van der Waals surface area contributed by atoms with Crippen LogP contribution in [0, 0.1) is 0 Å². The summed E-state index contributed by atoms with van der Waals surface area (Å²) in [5.74, 6) is 0.370. The van der Waals surface area contributed by atoms with Crippen molar-refractivity contribution < 1.29 is 5.11 Å². The van der Waals surface area contributed by atoms with Gasteiger partial charge in [0, 0.05) is 15.5 Å². The molecule has 0 spiro atoms. The second-order valence-corrected chi connectivity index (χ2v) is 4.96. The van der Waals surface area contributed by atoms with E-state index in [-0.39, 0.29) is 0 Å². The first-order chi connectivity index (χ1) is 8.19. The van der Waals surface area contributed by atoms with Crippen LogP contribution >= 0.6 is 11.8 Å². The molecule has 2 rings (SSSR count). The highest BCUT2D eigenvalue weighted by Crippen LogP contribution is 2.31. The summed E-state index contributed by atoms with van der Waals surface area (Å²) in [4.78, 5) is 2.27. The van der Waals surface area contributed by atoms with Crippen molar-refractivity contribution in [3.8, 4) is 5.75 Å². The van der Waals surface area contributed by atoms with Gasteiger partial charge in [-0.1, -0.05) is 18.7 Å². The van der Waals surface area contributed by atoms with Gasteiger partial charge in [-0.2, -0.15) is 0 Å². The van der Waals surface area contributed by atoms with E-state index in [2.05, 4.69) is 0 Å². The standard InChI is InChI=1S/C14H15NOS/c1-2-10-9-13(7-8-14(10)16)17-12-5-3-11(15)4-6-12/h3-9,16H,2,15H2,1H3. The summed E-state index contributed by atoms with van der Waals surface area (Å²) >= 11 is 1.67. The fourth-order valence-corrected chi connectivity index (χ4v) is 2.46. The van der Waals surface area contributed by atoms with Gasteiger partial charge in [-0.25, -0.2) is 0 Å². The number of aromatic hydroxyl groups is 1. The van der Waals surface area contributed by atoms with E-state index in [1.807, 2.05) is 43.3 Å². The molecule has 3 heteroatoms. The lowest BCUT2D eigenvalue weighted by Gasteiger charge is -2.06. The van der Waals surface area contributed by atoms with E-state index in [0.29, 0.717) is 5.75 Å². The molecule has 88 valence electrons. The van der Waals surface area contributed by atoms with Crippen molar-refractivity contribution in [3.05, 3.63) is 48.0 Å². The lowest BCUT2D eigenvalue weighted by atomic mass is 10.1. The van der Waals surface area contributed by atoms with Crippen molar-refractivity contribution in [2.75, 3.05) is 5.73 Å². The summed E-state index contributed by atoms with van der Waals surface area (Å²) in [6.07, 6.45) is 0.835. The smallest absolute Gasteiger partial charge is 0.118 e. The highest BCUT2D eigenvalue weighted by atomic mass is 32.2. The number of nitrogen functional groups attached to an aromatic ring is 1. The first-order valence-electron chi connectivity index (χ1n) is 5.54. The number of hydrogen-bond donors (Lipinski definition) is 2.